The van der Waals surface area contributed by atoms with Crippen LogP contribution in [0.2, 0.25) is 0 Å². The highest BCUT2D eigenvalue weighted by atomic mass is 32.3. The number of rotatable bonds is 2. The third-order valence-corrected chi connectivity index (χ3v) is 2.34. The maximum atomic E-state index is 12.3. The normalized spacial score (nSPS) is 18.1. The summed E-state index contributed by atoms with van der Waals surface area (Å²) in [7, 11) is -4.72. The van der Waals surface area contributed by atoms with Crippen LogP contribution >= 0.6 is 0 Å². The Morgan fingerprint density at radius 1 is 1.58 bits per heavy atom. The predicted octanol–water partition coefficient (Wildman–Crippen LogP) is 1.21. The first-order valence-electron chi connectivity index (χ1n) is 3.48. The summed E-state index contributed by atoms with van der Waals surface area (Å²) in [5.41, 5.74) is 0. The molecule has 0 saturated heterocycles. The Bertz CT molecular complexity index is 393. The van der Waals surface area contributed by atoms with Gasteiger partial charge in [-0.25, -0.2) is 4.98 Å². The lowest BCUT2D eigenvalue weighted by molar-refractivity contribution is 0.398. The smallest absolute Gasteiger partial charge is 0.367 e. The van der Waals surface area contributed by atoms with Gasteiger partial charge in [0.2, 0.25) is 0 Å². The molecular formula is C6H6FNO3S. The first-order chi connectivity index (χ1) is 5.57. The van der Waals surface area contributed by atoms with E-state index < -0.39 is 15.3 Å². The standard InChI is InChI=1S/C6H6FNO3S/c7-12(9,10)5-3-8-6(11-5)4-1-2-4/h3-4H,1-2H2. The zero-order chi connectivity index (χ0) is 8.77. The second kappa shape index (κ2) is 2.29. The predicted molar refractivity (Wildman–Crippen MR) is 36.8 cm³/mol. The van der Waals surface area contributed by atoms with Crippen LogP contribution in [-0.2, 0) is 10.2 Å². The fourth-order valence-electron chi connectivity index (χ4n) is 0.904. The Kier molecular flexibility index (Phi) is 1.47. The van der Waals surface area contributed by atoms with Gasteiger partial charge in [-0.15, -0.1) is 0 Å². The molecule has 1 aliphatic rings. The van der Waals surface area contributed by atoms with Crippen LogP contribution in [0.25, 0.3) is 0 Å². The SMILES string of the molecule is O=S(=O)(F)c1cnc(C2CC2)o1. The first kappa shape index (κ1) is 7.72. The molecule has 0 aromatic carbocycles. The zero-order valence-corrected chi connectivity index (χ0v) is 6.84. The number of hydrogen-bond acceptors (Lipinski definition) is 4. The average Bonchev–Trinajstić information content (AvgIpc) is 2.66. The second-order valence-corrected chi connectivity index (χ2v) is 4.01. The molecule has 1 heterocycles. The number of nitrogens with zero attached hydrogens (tertiary/aromatic N) is 1. The van der Waals surface area contributed by atoms with Gasteiger partial charge in [0.1, 0.15) is 0 Å². The van der Waals surface area contributed by atoms with E-state index in [0.29, 0.717) is 5.89 Å². The summed E-state index contributed by atoms with van der Waals surface area (Å²) in [6.45, 7) is 0. The van der Waals surface area contributed by atoms with E-state index in [-0.39, 0.29) is 5.92 Å². The molecule has 12 heavy (non-hydrogen) atoms. The molecule has 0 atom stereocenters. The molecule has 0 radical (unpaired) electrons. The fourth-order valence-corrected chi connectivity index (χ4v) is 1.27. The molecule has 0 bridgehead atoms. The summed E-state index contributed by atoms with van der Waals surface area (Å²) >= 11 is 0. The molecule has 1 aromatic rings. The number of oxazole rings is 1. The number of halogens is 1. The molecule has 0 spiro atoms. The third kappa shape index (κ3) is 1.34. The minimum atomic E-state index is -4.72. The Morgan fingerprint density at radius 3 is 2.67 bits per heavy atom. The Morgan fingerprint density at radius 2 is 2.25 bits per heavy atom. The lowest BCUT2D eigenvalue weighted by Crippen LogP contribution is -1.87. The molecule has 66 valence electrons. The van der Waals surface area contributed by atoms with Crippen molar-refractivity contribution in [2.45, 2.75) is 23.9 Å². The molecule has 6 heteroatoms. The van der Waals surface area contributed by atoms with Crippen molar-refractivity contribution in [3.05, 3.63) is 12.1 Å². The van der Waals surface area contributed by atoms with Crippen LogP contribution in [-0.4, -0.2) is 13.4 Å². The topological polar surface area (TPSA) is 60.2 Å². The molecule has 0 N–H and O–H groups in total. The van der Waals surface area contributed by atoms with E-state index >= 15 is 0 Å². The van der Waals surface area contributed by atoms with Crippen molar-refractivity contribution in [2.24, 2.45) is 0 Å². The van der Waals surface area contributed by atoms with Gasteiger partial charge in [-0.3, -0.25) is 0 Å². The van der Waals surface area contributed by atoms with Crippen LogP contribution in [0.4, 0.5) is 3.89 Å². The van der Waals surface area contributed by atoms with Gasteiger partial charge >= 0.3 is 10.2 Å². The molecule has 1 fully saturated rings. The van der Waals surface area contributed by atoms with Crippen molar-refractivity contribution in [3.8, 4) is 0 Å². The largest absolute Gasteiger partial charge is 0.426 e. The minimum absolute atomic E-state index is 0.195. The van der Waals surface area contributed by atoms with Crippen LogP contribution < -0.4 is 0 Å². The fraction of sp³-hybridized carbons (Fsp3) is 0.500. The minimum Gasteiger partial charge on any atom is -0.426 e. The van der Waals surface area contributed by atoms with Crippen molar-refractivity contribution in [3.63, 3.8) is 0 Å². The van der Waals surface area contributed by atoms with Gasteiger partial charge in [0.05, 0.1) is 6.20 Å². The average molecular weight is 191 g/mol. The van der Waals surface area contributed by atoms with Gasteiger partial charge < -0.3 is 4.42 Å². The maximum absolute atomic E-state index is 12.3. The van der Waals surface area contributed by atoms with E-state index in [1.54, 1.807) is 0 Å². The van der Waals surface area contributed by atoms with Gasteiger partial charge in [-0.1, -0.05) is 3.89 Å². The molecule has 1 aliphatic carbocycles. The zero-order valence-electron chi connectivity index (χ0n) is 6.03. The highest BCUT2D eigenvalue weighted by Gasteiger charge is 2.30. The monoisotopic (exact) mass is 191 g/mol. The van der Waals surface area contributed by atoms with Crippen molar-refractivity contribution in [2.75, 3.05) is 0 Å². The lowest BCUT2D eigenvalue weighted by atomic mass is 10.4. The summed E-state index contributed by atoms with van der Waals surface area (Å²) in [6.07, 6.45) is 2.78. The van der Waals surface area contributed by atoms with E-state index in [1.807, 2.05) is 0 Å². The van der Waals surface area contributed by atoms with E-state index in [4.69, 9.17) is 4.42 Å². The quantitative estimate of drug-likeness (QED) is 0.659. The summed E-state index contributed by atoms with van der Waals surface area (Å²) in [6, 6.07) is 0. The highest BCUT2D eigenvalue weighted by molar-refractivity contribution is 7.86. The Labute approximate surface area is 68.6 Å². The third-order valence-electron chi connectivity index (χ3n) is 1.67. The van der Waals surface area contributed by atoms with Crippen molar-refractivity contribution in [1.82, 2.24) is 4.98 Å². The van der Waals surface area contributed by atoms with Crippen LogP contribution in [0.3, 0.4) is 0 Å². The van der Waals surface area contributed by atoms with Gasteiger partial charge in [0.15, 0.2) is 5.89 Å². The number of hydrogen-bond donors (Lipinski definition) is 0. The maximum Gasteiger partial charge on any atom is 0.367 e. The Balaban J connectivity index is 2.35. The van der Waals surface area contributed by atoms with Crippen molar-refractivity contribution >= 4 is 10.2 Å². The summed E-state index contributed by atoms with van der Waals surface area (Å²) in [5.74, 6) is 0.520. The number of aromatic nitrogens is 1. The van der Waals surface area contributed by atoms with Crippen LogP contribution in [0.5, 0.6) is 0 Å². The molecule has 0 amide bonds. The lowest BCUT2D eigenvalue weighted by Gasteiger charge is -1.85. The van der Waals surface area contributed by atoms with Gasteiger partial charge in [0, 0.05) is 5.92 Å². The second-order valence-electron chi connectivity index (χ2n) is 2.73. The summed E-state index contributed by atoms with van der Waals surface area (Å²) in [4.78, 5) is 3.66. The Hall–Kier alpha value is -0.910. The van der Waals surface area contributed by atoms with Crippen molar-refractivity contribution < 1.29 is 16.7 Å². The van der Waals surface area contributed by atoms with E-state index in [9.17, 15) is 12.3 Å². The molecular weight excluding hydrogens is 185 g/mol. The van der Waals surface area contributed by atoms with Gasteiger partial charge in [0.25, 0.3) is 5.09 Å². The van der Waals surface area contributed by atoms with Crippen molar-refractivity contribution in [1.29, 1.82) is 0 Å². The summed E-state index contributed by atoms with van der Waals surface area (Å²) in [5, 5.41) is -0.690. The van der Waals surface area contributed by atoms with E-state index in [0.717, 1.165) is 19.0 Å². The molecule has 2 rings (SSSR count). The highest BCUT2D eigenvalue weighted by Crippen LogP contribution is 2.39. The van der Waals surface area contributed by atoms with Gasteiger partial charge in [-0.05, 0) is 12.8 Å². The molecule has 1 aromatic heterocycles. The van der Waals surface area contributed by atoms with Crippen LogP contribution in [0.15, 0.2) is 15.7 Å². The van der Waals surface area contributed by atoms with Crippen LogP contribution in [0, 0.1) is 0 Å². The first-order valence-corrected chi connectivity index (χ1v) is 4.86. The van der Waals surface area contributed by atoms with Gasteiger partial charge in [-0.2, -0.15) is 8.42 Å². The van der Waals surface area contributed by atoms with E-state index in [1.165, 1.54) is 0 Å². The molecule has 4 nitrogen and oxygen atoms in total. The molecule has 0 unspecified atom stereocenters. The van der Waals surface area contributed by atoms with Crippen LogP contribution in [0.1, 0.15) is 24.7 Å². The van der Waals surface area contributed by atoms with E-state index in [2.05, 4.69) is 4.98 Å². The molecule has 0 aliphatic heterocycles. The summed E-state index contributed by atoms with van der Waals surface area (Å²) < 4.78 is 37.5. The molecule has 1 saturated carbocycles.